The molecule has 1 N–H and O–H groups in total. The zero-order valence-corrected chi connectivity index (χ0v) is 20.3. The Labute approximate surface area is 209 Å². The molecule has 3 saturated heterocycles. The Balaban J connectivity index is 1.29. The molecule has 36 heavy (non-hydrogen) atoms. The summed E-state index contributed by atoms with van der Waals surface area (Å²) in [6, 6.07) is 13.1. The predicted molar refractivity (Wildman–Crippen MR) is 133 cm³/mol. The van der Waals surface area contributed by atoms with E-state index in [1.807, 2.05) is 46.3 Å². The van der Waals surface area contributed by atoms with Gasteiger partial charge in [-0.1, -0.05) is 12.1 Å². The van der Waals surface area contributed by atoms with Crippen LogP contribution in [0, 0.1) is 5.82 Å². The summed E-state index contributed by atoms with van der Waals surface area (Å²) < 4.78 is 25.0. The summed E-state index contributed by atoms with van der Waals surface area (Å²) in [5.74, 6) is 0.0914. The number of rotatable bonds is 6. The minimum Gasteiger partial charge on any atom is -0.497 e. The van der Waals surface area contributed by atoms with E-state index in [1.165, 1.54) is 19.2 Å². The number of benzene rings is 2. The van der Waals surface area contributed by atoms with E-state index in [2.05, 4.69) is 15.1 Å². The Morgan fingerprint density at radius 1 is 1.14 bits per heavy atom. The molecule has 188 valence electrons. The first-order valence-electron chi connectivity index (χ1n) is 12.4. The maximum Gasteiger partial charge on any atom is 0.325 e. The number of halogens is 1. The number of urea groups is 1. The van der Waals surface area contributed by atoms with Crippen molar-refractivity contribution in [3.63, 3.8) is 0 Å². The average molecular weight is 492 g/mol. The lowest BCUT2D eigenvalue weighted by atomic mass is 9.85. The summed E-state index contributed by atoms with van der Waals surface area (Å²) in [7, 11) is 1.52. The van der Waals surface area contributed by atoms with Crippen molar-refractivity contribution in [3.05, 3.63) is 66.2 Å². The van der Waals surface area contributed by atoms with Gasteiger partial charge in [-0.15, -0.1) is 0 Å². The Hall–Kier alpha value is -3.43. The molecule has 3 aromatic rings. The molecule has 2 amide bonds. The summed E-state index contributed by atoms with van der Waals surface area (Å²) in [6.45, 7) is 4.35. The van der Waals surface area contributed by atoms with Gasteiger partial charge in [-0.2, -0.15) is 5.10 Å². The number of carbonyl (C=O) groups excluding carboxylic acids is 1. The van der Waals surface area contributed by atoms with Crippen LogP contribution in [0.2, 0.25) is 0 Å². The molecule has 9 heteroatoms. The lowest BCUT2D eigenvalue weighted by Gasteiger charge is -2.47. The van der Waals surface area contributed by atoms with Crippen molar-refractivity contribution in [2.75, 3.05) is 44.9 Å². The first kappa shape index (κ1) is 23.0. The number of likely N-dealkylation sites (tertiary alicyclic amines) is 1. The predicted octanol–water partition coefficient (Wildman–Crippen LogP) is 3.90. The standard InChI is InChI=1S/C27H30FN5O3/c1-35-25-11-19(10-22(28)12-25)15-33-26(34)32(23-4-2-20(3-5-23)21-13-29-30-14-21)18-27(33)6-8-31(9-7-27)24-16-36-17-24/h2-5,10-14,24H,6-9,15-18H2,1H3,(H,29,30). The first-order valence-corrected chi connectivity index (χ1v) is 12.4. The number of aromatic amines is 1. The number of carbonyl (C=O) groups is 1. The van der Waals surface area contributed by atoms with E-state index < -0.39 is 0 Å². The molecule has 1 aromatic heterocycles. The summed E-state index contributed by atoms with van der Waals surface area (Å²) >= 11 is 0. The van der Waals surface area contributed by atoms with E-state index >= 15 is 0 Å². The van der Waals surface area contributed by atoms with Gasteiger partial charge in [-0.25, -0.2) is 9.18 Å². The van der Waals surface area contributed by atoms with Gasteiger partial charge in [0.05, 0.1) is 44.6 Å². The van der Waals surface area contributed by atoms with Gasteiger partial charge in [-0.3, -0.25) is 14.9 Å². The lowest BCUT2D eigenvalue weighted by Crippen LogP contribution is -2.59. The number of ether oxygens (including phenoxy) is 2. The van der Waals surface area contributed by atoms with Crippen LogP contribution in [0.3, 0.4) is 0 Å². The zero-order chi connectivity index (χ0) is 24.7. The van der Waals surface area contributed by atoms with E-state index in [4.69, 9.17) is 9.47 Å². The molecule has 0 saturated carbocycles. The van der Waals surface area contributed by atoms with Crippen molar-refractivity contribution in [2.45, 2.75) is 31.0 Å². The van der Waals surface area contributed by atoms with Crippen LogP contribution in [-0.4, -0.2) is 77.6 Å². The third kappa shape index (κ3) is 4.12. The number of anilines is 1. The van der Waals surface area contributed by atoms with Crippen LogP contribution >= 0.6 is 0 Å². The topological polar surface area (TPSA) is 73.9 Å². The van der Waals surface area contributed by atoms with Gasteiger partial charge in [0, 0.05) is 43.1 Å². The molecule has 2 aromatic carbocycles. The molecule has 1 spiro atoms. The second kappa shape index (κ2) is 9.22. The molecule has 3 fully saturated rings. The largest absolute Gasteiger partial charge is 0.497 e. The fourth-order valence-corrected chi connectivity index (χ4v) is 5.66. The van der Waals surface area contributed by atoms with Gasteiger partial charge in [0.15, 0.2) is 0 Å². The summed E-state index contributed by atoms with van der Waals surface area (Å²) in [5, 5.41) is 6.86. The molecule has 0 radical (unpaired) electrons. The van der Waals surface area contributed by atoms with Crippen LogP contribution in [-0.2, 0) is 11.3 Å². The third-order valence-corrected chi connectivity index (χ3v) is 7.87. The fourth-order valence-electron chi connectivity index (χ4n) is 5.66. The Bertz CT molecular complexity index is 1220. The van der Waals surface area contributed by atoms with E-state index in [0.717, 1.165) is 61.5 Å². The number of nitrogens with zero attached hydrogens (tertiary/aromatic N) is 4. The molecule has 3 aliphatic heterocycles. The smallest absolute Gasteiger partial charge is 0.325 e. The summed E-state index contributed by atoms with van der Waals surface area (Å²) in [6.07, 6.45) is 5.36. The number of piperidine rings is 1. The maximum atomic E-state index is 14.3. The molecular weight excluding hydrogens is 461 g/mol. The van der Waals surface area contributed by atoms with Crippen LogP contribution in [0.25, 0.3) is 11.1 Å². The molecule has 3 aliphatic rings. The molecule has 0 unspecified atom stereocenters. The zero-order valence-electron chi connectivity index (χ0n) is 20.3. The number of H-pyrrole nitrogens is 1. The molecule has 0 atom stereocenters. The van der Waals surface area contributed by atoms with E-state index in [-0.39, 0.29) is 17.4 Å². The van der Waals surface area contributed by atoms with Crippen LogP contribution in [0.15, 0.2) is 54.9 Å². The number of hydrogen-bond donors (Lipinski definition) is 1. The summed E-state index contributed by atoms with van der Waals surface area (Å²) in [4.78, 5) is 20.2. The van der Waals surface area contributed by atoms with Gasteiger partial charge in [0.25, 0.3) is 0 Å². The highest BCUT2D eigenvalue weighted by Gasteiger charge is 2.52. The van der Waals surface area contributed by atoms with Crippen molar-refractivity contribution in [2.24, 2.45) is 0 Å². The molecule has 4 heterocycles. The lowest BCUT2D eigenvalue weighted by molar-refractivity contribution is -0.0813. The van der Waals surface area contributed by atoms with E-state index in [1.54, 1.807) is 6.20 Å². The quantitative estimate of drug-likeness (QED) is 0.566. The Kier molecular flexibility index (Phi) is 5.89. The van der Waals surface area contributed by atoms with Crippen molar-refractivity contribution < 1.29 is 18.7 Å². The van der Waals surface area contributed by atoms with Crippen molar-refractivity contribution >= 4 is 11.7 Å². The molecule has 6 rings (SSSR count). The minimum atomic E-state index is -0.364. The van der Waals surface area contributed by atoms with Gasteiger partial charge < -0.3 is 14.4 Å². The van der Waals surface area contributed by atoms with Crippen molar-refractivity contribution in [3.8, 4) is 16.9 Å². The van der Waals surface area contributed by atoms with Crippen LogP contribution in [0.4, 0.5) is 14.9 Å². The highest BCUT2D eigenvalue weighted by atomic mass is 19.1. The van der Waals surface area contributed by atoms with Gasteiger partial charge in [0.2, 0.25) is 0 Å². The highest BCUT2D eigenvalue weighted by molar-refractivity contribution is 5.95. The monoisotopic (exact) mass is 491 g/mol. The van der Waals surface area contributed by atoms with Gasteiger partial charge in [0.1, 0.15) is 11.6 Å². The number of nitrogens with one attached hydrogen (secondary N) is 1. The van der Waals surface area contributed by atoms with Gasteiger partial charge in [-0.05, 0) is 48.2 Å². The minimum absolute atomic E-state index is 0.0466. The second-order valence-electron chi connectivity index (χ2n) is 9.94. The van der Waals surface area contributed by atoms with E-state index in [0.29, 0.717) is 24.9 Å². The van der Waals surface area contributed by atoms with E-state index in [9.17, 15) is 9.18 Å². The first-order chi connectivity index (χ1) is 17.5. The van der Waals surface area contributed by atoms with Crippen molar-refractivity contribution in [1.82, 2.24) is 20.0 Å². The second-order valence-corrected chi connectivity index (χ2v) is 9.94. The normalized spacial score (nSPS) is 20.2. The molecule has 8 nitrogen and oxygen atoms in total. The number of aromatic nitrogens is 2. The maximum absolute atomic E-state index is 14.3. The third-order valence-electron chi connectivity index (χ3n) is 7.87. The Morgan fingerprint density at radius 3 is 2.56 bits per heavy atom. The van der Waals surface area contributed by atoms with Crippen LogP contribution in [0.1, 0.15) is 18.4 Å². The Morgan fingerprint density at radius 2 is 1.92 bits per heavy atom. The SMILES string of the molecule is COc1cc(F)cc(CN2C(=O)N(c3ccc(-c4cn[nH]c4)cc3)CC23CCN(C2COC2)CC3)c1. The molecular formula is C27H30FN5O3. The molecule has 0 aliphatic carbocycles. The van der Waals surface area contributed by atoms with Crippen LogP contribution < -0.4 is 9.64 Å². The summed E-state index contributed by atoms with van der Waals surface area (Å²) in [5.41, 5.74) is 3.31. The molecule has 0 bridgehead atoms. The number of methoxy groups -OCH3 is 1. The van der Waals surface area contributed by atoms with Crippen LogP contribution in [0.5, 0.6) is 5.75 Å². The number of hydrogen-bond acceptors (Lipinski definition) is 5. The fraction of sp³-hybridized carbons (Fsp3) is 0.407. The van der Waals surface area contributed by atoms with Crippen molar-refractivity contribution in [1.29, 1.82) is 0 Å². The highest BCUT2D eigenvalue weighted by Crippen LogP contribution is 2.40. The average Bonchev–Trinajstić information content (AvgIpc) is 3.48. The number of amides is 2. The van der Waals surface area contributed by atoms with Gasteiger partial charge >= 0.3 is 6.03 Å².